The number of hydrogen-bond donors (Lipinski definition) is 4. The fourth-order valence-electron chi connectivity index (χ4n) is 2.46. The first-order valence-corrected chi connectivity index (χ1v) is 11.7. The van der Waals surface area contributed by atoms with Gasteiger partial charge in [0.1, 0.15) is 16.4 Å². The lowest BCUT2D eigenvalue weighted by atomic mass is 10.2. The van der Waals surface area contributed by atoms with Gasteiger partial charge in [0.25, 0.3) is 0 Å². The first kappa shape index (κ1) is 23.8. The number of phenols is 1. The van der Waals surface area contributed by atoms with Gasteiger partial charge in [-0.25, -0.2) is 17.9 Å². The number of ether oxygens (including phenoxy) is 1. The smallest absolute Gasteiger partial charge is 0.394 e. The monoisotopic (exact) mass is 516 g/mol. The molecule has 3 aromatic rings. The van der Waals surface area contributed by atoms with Gasteiger partial charge in [0, 0.05) is 23.2 Å². The molecule has 0 aliphatic rings. The van der Waals surface area contributed by atoms with Crippen LogP contribution in [0.25, 0.3) is 0 Å². The molecule has 1 amide bonds. The molecule has 3 rings (SSSR count). The van der Waals surface area contributed by atoms with E-state index in [1.54, 1.807) is 17.5 Å². The van der Waals surface area contributed by atoms with Gasteiger partial charge in [0.05, 0.1) is 10.0 Å². The molecule has 0 radical (unpaired) electrons. The van der Waals surface area contributed by atoms with Crippen LogP contribution in [0.1, 0.15) is 4.88 Å². The van der Waals surface area contributed by atoms with Crippen LogP contribution in [0.5, 0.6) is 17.2 Å². The van der Waals surface area contributed by atoms with Crippen LogP contribution >= 0.6 is 34.5 Å². The van der Waals surface area contributed by atoms with Crippen molar-refractivity contribution in [2.24, 2.45) is 0 Å². The van der Waals surface area contributed by atoms with Crippen molar-refractivity contribution in [3.8, 4) is 17.2 Å². The fraction of sp³-hybridized carbons (Fsp3) is 0.0526. The first-order valence-electron chi connectivity index (χ1n) is 8.63. The summed E-state index contributed by atoms with van der Waals surface area (Å²) in [5.41, 5.74) is 0.0199. The number of anilines is 1. The molecular weight excluding hydrogens is 503 g/mol. The molecule has 1 heterocycles. The second-order valence-corrected chi connectivity index (χ2v) is 9.75. The number of amides is 1. The minimum Gasteiger partial charge on any atom is -0.507 e. The number of carboxylic acids is 1. The zero-order valence-electron chi connectivity index (χ0n) is 15.8. The van der Waals surface area contributed by atoms with Crippen LogP contribution < -0.4 is 14.8 Å². The SMILES string of the molecule is O=C(O)C(=O)Nc1cc(Cl)c(Oc2ccc(O)c(S(=O)(=O)NCc3cccs3)c2)c(Cl)c1. The Hall–Kier alpha value is -2.83. The number of carbonyl (C=O) groups is 2. The maximum atomic E-state index is 12.6. The van der Waals surface area contributed by atoms with Gasteiger partial charge >= 0.3 is 11.9 Å². The molecule has 0 atom stereocenters. The minimum atomic E-state index is -4.07. The van der Waals surface area contributed by atoms with E-state index in [-0.39, 0.29) is 33.8 Å². The number of aliphatic carboxylic acids is 1. The molecule has 4 N–H and O–H groups in total. The molecule has 0 spiro atoms. The normalized spacial score (nSPS) is 11.2. The Morgan fingerprint density at radius 3 is 2.38 bits per heavy atom. The van der Waals surface area contributed by atoms with Crippen molar-refractivity contribution < 1.29 is 33.0 Å². The highest BCUT2D eigenvalue weighted by Gasteiger charge is 2.21. The Bertz CT molecular complexity index is 1260. The van der Waals surface area contributed by atoms with E-state index in [0.717, 1.165) is 17.0 Å². The molecule has 168 valence electrons. The molecule has 0 unspecified atom stereocenters. The van der Waals surface area contributed by atoms with Crippen molar-refractivity contribution in [1.82, 2.24) is 4.72 Å². The Kier molecular flexibility index (Phi) is 7.26. The van der Waals surface area contributed by atoms with Gasteiger partial charge in [-0.1, -0.05) is 29.3 Å². The summed E-state index contributed by atoms with van der Waals surface area (Å²) in [5.74, 6) is -3.52. The first-order chi connectivity index (χ1) is 15.1. The summed E-state index contributed by atoms with van der Waals surface area (Å²) < 4.78 is 33.2. The van der Waals surface area contributed by atoms with Crippen LogP contribution in [-0.2, 0) is 26.2 Å². The number of phenolic OH excluding ortho intramolecular Hbond substituents is 1. The van der Waals surface area contributed by atoms with Gasteiger partial charge in [-0.05, 0) is 35.7 Å². The third-order valence-corrected chi connectivity index (χ3v) is 6.78. The van der Waals surface area contributed by atoms with E-state index in [0.29, 0.717) is 0 Å². The number of thiophene rings is 1. The number of aromatic hydroxyl groups is 1. The lowest BCUT2D eigenvalue weighted by molar-refractivity contribution is -0.147. The maximum Gasteiger partial charge on any atom is 0.394 e. The van der Waals surface area contributed by atoms with Crippen LogP contribution in [0.15, 0.2) is 52.7 Å². The summed E-state index contributed by atoms with van der Waals surface area (Å²) >= 11 is 13.6. The molecule has 0 saturated heterocycles. The predicted molar refractivity (Wildman–Crippen MR) is 119 cm³/mol. The maximum absolute atomic E-state index is 12.6. The fourth-order valence-corrected chi connectivity index (χ4v) is 4.88. The van der Waals surface area contributed by atoms with Gasteiger partial charge in [-0.3, -0.25) is 4.79 Å². The third-order valence-electron chi connectivity index (χ3n) is 3.91. The van der Waals surface area contributed by atoms with Crippen LogP contribution in [0, 0.1) is 0 Å². The highest BCUT2D eigenvalue weighted by Crippen LogP contribution is 2.40. The lowest BCUT2D eigenvalue weighted by Gasteiger charge is -2.14. The van der Waals surface area contributed by atoms with Crippen molar-refractivity contribution in [2.75, 3.05) is 5.32 Å². The highest BCUT2D eigenvalue weighted by atomic mass is 35.5. The van der Waals surface area contributed by atoms with Gasteiger partial charge in [0.15, 0.2) is 5.75 Å². The van der Waals surface area contributed by atoms with Crippen LogP contribution in [-0.4, -0.2) is 30.5 Å². The largest absolute Gasteiger partial charge is 0.507 e. The van der Waals surface area contributed by atoms with E-state index in [1.807, 2.05) is 0 Å². The number of benzene rings is 2. The molecule has 0 aliphatic heterocycles. The van der Waals surface area contributed by atoms with Gasteiger partial charge in [-0.2, -0.15) is 0 Å². The van der Waals surface area contributed by atoms with E-state index >= 15 is 0 Å². The number of carbonyl (C=O) groups excluding carboxylic acids is 1. The Morgan fingerprint density at radius 1 is 1.09 bits per heavy atom. The minimum absolute atomic E-state index is 0.00502. The molecule has 9 nitrogen and oxygen atoms in total. The number of rotatable bonds is 7. The summed E-state index contributed by atoms with van der Waals surface area (Å²) in [6.45, 7) is 0.0473. The topological polar surface area (TPSA) is 142 Å². The second-order valence-electron chi connectivity index (χ2n) is 6.16. The summed E-state index contributed by atoms with van der Waals surface area (Å²) in [6.07, 6.45) is 0. The summed E-state index contributed by atoms with van der Waals surface area (Å²) in [7, 11) is -4.07. The van der Waals surface area contributed by atoms with Crippen molar-refractivity contribution in [3.05, 3.63) is 62.8 Å². The summed E-state index contributed by atoms with van der Waals surface area (Å²) in [4.78, 5) is 22.3. The van der Waals surface area contributed by atoms with Gasteiger partial charge < -0.3 is 20.3 Å². The molecule has 0 bridgehead atoms. The van der Waals surface area contributed by atoms with E-state index in [2.05, 4.69) is 10.0 Å². The number of sulfonamides is 1. The average Bonchev–Trinajstić information content (AvgIpc) is 3.24. The van der Waals surface area contributed by atoms with E-state index in [9.17, 15) is 23.1 Å². The van der Waals surface area contributed by atoms with Crippen molar-refractivity contribution in [3.63, 3.8) is 0 Å². The highest BCUT2D eigenvalue weighted by molar-refractivity contribution is 7.89. The molecular formula is C19H14Cl2N2O7S2. The Morgan fingerprint density at radius 2 is 1.78 bits per heavy atom. The van der Waals surface area contributed by atoms with Crippen LogP contribution in [0.3, 0.4) is 0 Å². The standard InChI is InChI=1S/C19H14Cl2N2O7S2/c20-13-6-10(23-18(25)19(26)27)7-14(21)17(13)30-11-3-4-15(24)16(8-11)32(28,29)22-9-12-2-1-5-31-12/h1-8,22,24H,9H2,(H,23,25)(H,26,27). The molecule has 1 aromatic heterocycles. The third kappa shape index (κ3) is 5.69. The number of hydrogen-bond acceptors (Lipinski definition) is 7. The number of carboxylic acid groups (broad SMARTS) is 1. The molecule has 13 heteroatoms. The van der Waals surface area contributed by atoms with E-state index in [1.165, 1.54) is 29.5 Å². The quantitative estimate of drug-likeness (QED) is 0.347. The van der Waals surface area contributed by atoms with Gasteiger partial charge in [-0.15, -0.1) is 11.3 Å². The molecule has 0 aliphatic carbocycles. The summed E-state index contributed by atoms with van der Waals surface area (Å²) in [5, 5.41) is 22.5. The molecule has 0 fully saturated rings. The van der Waals surface area contributed by atoms with Gasteiger partial charge in [0.2, 0.25) is 10.0 Å². The Labute approximate surface area is 196 Å². The molecule has 32 heavy (non-hydrogen) atoms. The molecule has 2 aromatic carbocycles. The predicted octanol–water partition coefficient (Wildman–Crippen LogP) is 4.05. The van der Waals surface area contributed by atoms with Crippen molar-refractivity contribution in [1.29, 1.82) is 0 Å². The lowest BCUT2D eigenvalue weighted by Crippen LogP contribution is -2.22. The van der Waals surface area contributed by atoms with Crippen LogP contribution in [0.4, 0.5) is 5.69 Å². The Balaban J connectivity index is 1.84. The average molecular weight is 517 g/mol. The number of halogens is 2. The van der Waals surface area contributed by atoms with E-state index < -0.39 is 32.5 Å². The van der Waals surface area contributed by atoms with Crippen molar-refractivity contribution >= 4 is 62.1 Å². The molecule has 0 saturated carbocycles. The summed E-state index contributed by atoms with van der Waals surface area (Å²) in [6, 6.07) is 9.51. The zero-order valence-corrected chi connectivity index (χ0v) is 19.0. The van der Waals surface area contributed by atoms with Crippen LogP contribution in [0.2, 0.25) is 10.0 Å². The number of nitrogens with one attached hydrogen (secondary N) is 2. The van der Waals surface area contributed by atoms with Crippen molar-refractivity contribution in [2.45, 2.75) is 11.4 Å². The second kappa shape index (κ2) is 9.76. The zero-order chi connectivity index (χ0) is 23.5. The van der Waals surface area contributed by atoms with E-state index in [4.69, 9.17) is 33.0 Å².